The summed E-state index contributed by atoms with van der Waals surface area (Å²) in [6, 6.07) is 5.37. The molecule has 2 N–H and O–H groups in total. The van der Waals surface area contributed by atoms with Gasteiger partial charge in [-0.25, -0.2) is 0 Å². The minimum absolute atomic E-state index is 0.173. The molecule has 1 atom stereocenters. The average molecular weight is 365 g/mol. The van der Waals surface area contributed by atoms with E-state index in [-0.39, 0.29) is 11.2 Å². The molecule has 0 aliphatic heterocycles. The standard InChI is InChI=1S/C14H15N5O3S2/c1-8-6-11(19-22-8)16-12(20)9(2)23-14-18-17-13(24-14)15-7-10-4-3-5-21-10/h3-6,9H,7H2,1-2H3,(H,15,17)(H,16,19,20)/t9-/m1/s1. The van der Waals surface area contributed by atoms with Crippen LogP contribution in [0.4, 0.5) is 10.9 Å². The summed E-state index contributed by atoms with van der Waals surface area (Å²) in [5, 5.41) is 18.0. The molecule has 0 saturated carbocycles. The van der Waals surface area contributed by atoms with Crippen LogP contribution >= 0.6 is 23.1 Å². The van der Waals surface area contributed by atoms with Crippen LogP contribution in [0.5, 0.6) is 0 Å². The Hall–Kier alpha value is -2.33. The zero-order valence-electron chi connectivity index (χ0n) is 13.0. The zero-order valence-corrected chi connectivity index (χ0v) is 14.6. The number of carbonyl (C=O) groups is 1. The summed E-state index contributed by atoms with van der Waals surface area (Å²) >= 11 is 2.72. The summed E-state index contributed by atoms with van der Waals surface area (Å²) in [6.07, 6.45) is 1.62. The number of nitrogens with zero attached hydrogens (tertiary/aromatic N) is 3. The predicted octanol–water partition coefficient (Wildman–Crippen LogP) is 3.16. The summed E-state index contributed by atoms with van der Waals surface area (Å²) in [4.78, 5) is 12.1. The van der Waals surface area contributed by atoms with Crippen molar-refractivity contribution in [2.24, 2.45) is 0 Å². The van der Waals surface area contributed by atoms with Gasteiger partial charge in [0.25, 0.3) is 0 Å². The Kier molecular flexibility index (Phi) is 5.16. The van der Waals surface area contributed by atoms with Crippen LogP contribution in [0.2, 0.25) is 0 Å². The number of nitrogens with one attached hydrogen (secondary N) is 2. The number of carbonyl (C=O) groups excluding carboxylic acids is 1. The van der Waals surface area contributed by atoms with Crippen molar-refractivity contribution in [3.8, 4) is 0 Å². The van der Waals surface area contributed by atoms with Crippen LogP contribution in [0.1, 0.15) is 18.4 Å². The normalized spacial score (nSPS) is 12.1. The summed E-state index contributed by atoms with van der Waals surface area (Å²) in [7, 11) is 0. The van der Waals surface area contributed by atoms with E-state index >= 15 is 0 Å². The van der Waals surface area contributed by atoms with Crippen LogP contribution in [0.3, 0.4) is 0 Å². The van der Waals surface area contributed by atoms with Gasteiger partial charge in [0.2, 0.25) is 11.0 Å². The number of thioether (sulfide) groups is 1. The van der Waals surface area contributed by atoms with Crippen LogP contribution in [0.25, 0.3) is 0 Å². The lowest BCUT2D eigenvalue weighted by Crippen LogP contribution is -2.22. The quantitative estimate of drug-likeness (QED) is 0.615. The summed E-state index contributed by atoms with van der Waals surface area (Å²) in [5.41, 5.74) is 0. The van der Waals surface area contributed by atoms with Gasteiger partial charge in [-0.1, -0.05) is 28.3 Å². The number of anilines is 2. The van der Waals surface area contributed by atoms with Crippen LogP contribution in [0.15, 0.2) is 37.7 Å². The number of hydrogen-bond donors (Lipinski definition) is 2. The van der Waals surface area contributed by atoms with Crippen molar-refractivity contribution < 1.29 is 13.7 Å². The van der Waals surface area contributed by atoms with Crippen molar-refractivity contribution in [1.82, 2.24) is 15.4 Å². The molecule has 0 bridgehead atoms. The fourth-order valence-corrected chi connectivity index (χ4v) is 3.65. The molecule has 126 valence electrons. The lowest BCUT2D eigenvalue weighted by atomic mass is 10.4. The first-order valence-corrected chi connectivity index (χ1v) is 8.80. The zero-order chi connectivity index (χ0) is 16.9. The van der Waals surface area contributed by atoms with Gasteiger partial charge in [0.1, 0.15) is 11.5 Å². The molecule has 8 nitrogen and oxygen atoms in total. The van der Waals surface area contributed by atoms with E-state index in [9.17, 15) is 4.79 Å². The first-order chi connectivity index (χ1) is 11.6. The fourth-order valence-electron chi connectivity index (χ4n) is 1.76. The van der Waals surface area contributed by atoms with E-state index in [1.165, 1.54) is 23.1 Å². The molecule has 0 radical (unpaired) electrons. The molecule has 3 rings (SSSR count). The molecule has 0 aliphatic rings. The van der Waals surface area contributed by atoms with E-state index in [1.807, 2.05) is 12.1 Å². The highest BCUT2D eigenvalue weighted by molar-refractivity contribution is 8.02. The molecule has 0 saturated heterocycles. The smallest absolute Gasteiger partial charge is 0.238 e. The third kappa shape index (κ3) is 4.36. The van der Waals surface area contributed by atoms with Crippen LogP contribution in [-0.2, 0) is 11.3 Å². The Morgan fingerprint density at radius 3 is 3.04 bits per heavy atom. The minimum Gasteiger partial charge on any atom is -0.467 e. The van der Waals surface area contributed by atoms with E-state index in [4.69, 9.17) is 8.94 Å². The SMILES string of the molecule is Cc1cc(NC(=O)[C@@H](C)Sc2nnc(NCc3ccco3)s2)no1. The van der Waals surface area contributed by atoms with Crippen molar-refractivity contribution in [1.29, 1.82) is 0 Å². The minimum atomic E-state index is -0.340. The fraction of sp³-hybridized carbons (Fsp3) is 0.286. The number of furan rings is 1. The highest BCUT2D eigenvalue weighted by Gasteiger charge is 2.18. The first-order valence-electron chi connectivity index (χ1n) is 7.11. The maximum atomic E-state index is 12.1. The van der Waals surface area contributed by atoms with Gasteiger partial charge < -0.3 is 19.6 Å². The number of aromatic nitrogens is 3. The lowest BCUT2D eigenvalue weighted by Gasteiger charge is -2.07. The summed E-state index contributed by atoms with van der Waals surface area (Å²) in [5.74, 6) is 1.69. The molecule has 0 spiro atoms. The van der Waals surface area contributed by atoms with Crippen LogP contribution < -0.4 is 10.6 Å². The lowest BCUT2D eigenvalue weighted by molar-refractivity contribution is -0.115. The van der Waals surface area contributed by atoms with Gasteiger partial charge in [0.15, 0.2) is 10.2 Å². The van der Waals surface area contributed by atoms with Gasteiger partial charge in [0, 0.05) is 6.07 Å². The van der Waals surface area contributed by atoms with E-state index in [2.05, 4.69) is 26.0 Å². The molecule has 24 heavy (non-hydrogen) atoms. The second-order valence-corrected chi connectivity index (χ2v) is 7.44. The molecular formula is C14H15N5O3S2. The topological polar surface area (TPSA) is 106 Å². The van der Waals surface area contributed by atoms with Gasteiger partial charge in [-0.05, 0) is 26.0 Å². The van der Waals surface area contributed by atoms with Gasteiger partial charge in [-0.15, -0.1) is 10.2 Å². The van der Waals surface area contributed by atoms with Gasteiger partial charge in [-0.2, -0.15) is 0 Å². The van der Waals surface area contributed by atoms with Crippen molar-refractivity contribution in [2.75, 3.05) is 10.6 Å². The molecule has 3 aromatic rings. The van der Waals surface area contributed by atoms with Crippen LogP contribution in [0, 0.1) is 6.92 Å². The molecular weight excluding hydrogens is 350 g/mol. The van der Waals surface area contributed by atoms with Gasteiger partial charge in [0.05, 0.1) is 18.1 Å². The van der Waals surface area contributed by atoms with Crippen molar-refractivity contribution >= 4 is 40.0 Å². The third-order valence-corrected chi connectivity index (χ3v) is 4.99. The second-order valence-electron chi connectivity index (χ2n) is 4.88. The summed E-state index contributed by atoms with van der Waals surface area (Å²) < 4.78 is 10.9. The Morgan fingerprint density at radius 2 is 2.33 bits per heavy atom. The molecule has 1 amide bonds. The van der Waals surface area contributed by atoms with E-state index in [1.54, 1.807) is 26.2 Å². The van der Waals surface area contributed by atoms with Crippen molar-refractivity contribution in [3.05, 3.63) is 36.0 Å². The first kappa shape index (κ1) is 16.5. The molecule has 3 heterocycles. The van der Waals surface area contributed by atoms with E-state index in [0.29, 0.717) is 27.6 Å². The molecule has 0 fully saturated rings. The highest BCUT2D eigenvalue weighted by atomic mass is 32.2. The number of rotatable bonds is 7. The monoisotopic (exact) mass is 365 g/mol. The molecule has 10 heteroatoms. The van der Waals surface area contributed by atoms with Gasteiger partial charge in [-0.3, -0.25) is 4.79 Å². The Bertz CT molecular complexity index is 799. The van der Waals surface area contributed by atoms with Crippen molar-refractivity contribution in [3.63, 3.8) is 0 Å². The van der Waals surface area contributed by atoms with Crippen molar-refractivity contribution in [2.45, 2.75) is 30.0 Å². The summed E-state index contributed by atoms with van der Waals surface area (Å²) in [6.45, 7) is 4.09. The predicted molar refractivity (Wildman–Crippen MR) is 91.1 cm³/mol. The van der Waals surface area contributed by atoms with Gasteiger partial charge >= 0.3 is 0 Å². The molecule has 0 aliphatic carbocycles. The maximum absolute atomic E-state index is 12.1. The third-order valence-electron chi connectivity index (χ3n) is 2.93. The number of hydrogen-bond acceptors (Lipinski definition) is 9. The van der Waals surface area contributed by atoms with E-state index < -0.39 is 0 Å². The highest BCUT2D eigenvalue weighted by Crippen LogP contribution is 2.29. The number of amides is 1. The second kappa shape index (κ2) is 7.49. The number of aryl methyl sites for hydroxylation is 1. The molecule has 0 unspecified atom stereocenters. The van der Waals surface area contributed by atoms with E-state index in [0.717, 1.165) is 5.76 Å². The van der Waals surface area contributed by atoms with Crippen LogP contribution in [-0.4, -0.2) is 26.5 Å². The molecule has 0 aromatic carbocycles. The average Bonchev–Trinajstić information content (AvgIpc) is 3.28. The molecule has 3 aromatic heterocycles. The Labute approximate surface area is 146 Å². The Balaban J connectivity index is 1.50. The maximum Gasteiger partial charge on any atom is 0.238 e. The Morgan fingerprint density at radius 1 is 1.46 bits per heavy atom. The largest absolute Gasteiger partial charge is 0.467 e.